The van der Waals surface area contributed by atoms with Gasteiger partial charge < -0.3 is 5.11 Å². The minimum Gasteiger partial charge on any atom is -0.507 e. The molecular formula is C24H13ClF2N2O3S. The number of amides is 1. The maximum atomic E-state index is 13.6. The number of nitrogens with zero attached hydrogens (tertiary/aromatic N) is 2. The van der Waals surface area contributed by atoms with Crippen LogP contribution >= 0.6 is 22.9 Å². The molecule has 5 nitrogen and oxygen atoms in total. The Labute approximate surface area is 195 Å². The molecule has 0 radical (unpaired) electrons. The Balaban J connectivity index is 1.73. The van der Waals surface area contributed by atoms with Gasteiger partial charge in [-0.1, -0.05) is 35.1 Å². The average Bonchev–Trinajstić information content (AvgIpc) is 3.32. The second-order valence-electron chi connectivity index (χ2n) is 7.34. The van der Waals surface area contributed by atoms with Crippen molar-refractivity contribution in [3.8, 4) is 0 Å². The van der Waals surface area contributed by atoms with Crippen LogP contribution in [0.25, 0.3) is 16.0 Å². The highest BCUT2D eigenvalue weighted by molar-refractivity contribution is 7.22. The lowest BCUT2D eigenvalue weighted by molar-refractivity contribution is -0.132. The number of carbonyl (C=O) groups excluding carboxylic acids is 2. The van der Waals surface area contributed by atoms with Crippen LogP contribution in [0.5, 0.6) is 0 Å². The van der Waals surface area contributed by atoms with E-state index < -0.39 is 35.1 Å². The Bertz CT molecular complexity index is 1450. The number of anilines is 1. The summed E-state index contributed by atoms with van der Waals surface area (Å²) in [5.41, 5.74) is 0.947. The van der Waals surface area contributed by atoms with Crippen LogP contribution in [-0.4, -0.2) is 21.8 Å². The van der Waals surface area contributed by atoms with Gasteiger partial charge in [-0.05, 0) is 60.2 Å². The van der Waals surface area contributed by atoms with Crippen molar-refractivity contribution in [1.29, 1.82) is 0 Å². The lowest BCUT2D eigenvalue weighted by Gasteiger charge is -2.23. The molecule has 0 saturated carbocycles. The molecule has 1 N–H and O–H groups in total. The van der Waals surface area contributed by atoms with Crippen molar-refractivity contribution in [2.24, 2.45) is 0 Å². The highest BCUT2D eigenvalue weighted by Crippen LogP contribution is 2.44. The van der Waals surface area contributed by atoms with Gasteiger partial charge in [-0.3, -0.25) is 14.5 Å². The Hall–Kier alpha value is -3.62. The Morgan fingerprint density at radius 2 is 1.61 bits per heavy atom. The first-order valence-electron chi connectivity index (χ1n) is 9.72. The summed E-state index contributed by atoms with van der Waals surface area (Å²) in [5.74, 6) is -3.30. The molecule has 1 atom stereocenters. The van der Waals surface area contributed by atoms with Gasteiger partial charge in [0.15, 0.2) is 5.13 Å². The Morgan fingerprint density at radius 1 is 0.970 bits per heavy atom. The first-order chi connectivity index (χ1) is 15.8. The number of carbonyl (C=O) groups is 2. The maximum absolute atomic E-state index is 13.6. The summed E-state index contributed by atoms with van der Waals surface area (Å²) in [4.78, 5) is 31.9. The number of aromatic nitrogens is 1. The van der Waals surface area contributed by atoms with Crippen LogP contribution in [0.4, 0.5) is 13.9 Å². The van der Waals surface area contributed by atoms with E-state index in [1.165, 1.54) is 41.3 Å². The Morgan fingerprint density at radius 3 is 2.27 bits per heavy atom. The van der Waals surface area contributed by atoms with E-state index in [1.807, 2.05) is 0 Å². The predicted molar refractivity (Wildman–Crippen MR) is 122 cm³/mol. The van der Waals surface area contributed by atoms with Crippen molar-refractivity contribution < 1.29 is 23.5 Å². The highest BCUT2D eigenvalue weighted by Gasteiger charge is 2.48. The number of hydrogen-bond donors (Lipinski definition) is 1. The summed E-state index contributed by atoms with van der Waals surface area (Å²) in [6, 6.07) is 14.1. The molecule has 2 heterocycles. The van der Waals surface area contributed by atoms with E-state index in [-0.39, 0.29) is 16.3 Å². The zero-order valence-electron chi connectivity index (χ0n) is 16.6. The number of aliphatic hydroxyl groups is 1. The van der Waals surface area contributed by atoms with Gasteiger partial charge in [0.05, 0.1) is 21.8 Å². The van der Waals surface area contributed by atoms with Crippen molar-refractivity contribution >= 4 is 55.7 Å². The summed E-state index contributed by atoms with van der Waals surface area (Å²) < 4.78 is 27.7. The number of hydrogen-bond acceptors (Lipinski definition) is 5. The molecule has 0 spiro atoms. The van der Waals surface area contributed by atoms with Gasteiger partial charge in [0.2, 0.25) is 0 Å². The second-order valence-corrected chi connectivity index (χ2v) is 8.78. The van der Waals surface area contributed by atoms with E-state index in [0.717, 1.165) is 23.5 Å². The van der Waals surface area contributed by atoms with Crippen LogP contribution in [-0.2, 0) is 9.59 Å². The van der Waals surface area contributed by atoms with Crippen molar-refractivity contribution in [3.63, 3.8) is 0 Å². The van der Waals surface area contributed by atoms with E-state index >= 15 is 0 Å². The third-order valence-corrected chi connectivity index (χ3v) is 6.55. The number of rotatable bonds is 3. The fourth-order valence-corrected chi connectivity index (χ4v) is 5.01. The fourth-order valence-electron chi connectivity index (χ4n) is 3.74. The average molecular weight is 483 g/mol. The molecule has 1 aliphatic rings. The first-order valence-corrected chi connectivity index (χ1v) is 10.9. The molecule has 1 saturated heterocycles. The number of benzene rings is 3. The number of ketones is 1. The third-order valence-electron chi connectivity index (χ3n) is 5.29. The zero-order valence-corrected chi connectivity index (χ0v) is 18.2. The standard InChI is InChI=1S/C24H13ClF2N2O3S/c25-14-5-10-17-18(11-14)33-24(28-17)29-20(12-1-6-15(26)7-2-12)19(22(31)23(29)32)21(30)13-3-8-16(27)9-4-13/h1-11,20,30H/b21-19+. The smallest absolute Gasteiger partial charge is 0.301 e. The molecule has 1 unspecified atom stereocenters. The molecule has 9 heteroatoms. The number of fused-ring (bicyclic) bond motifs is 1. The zero-order chi connectivity index (χ0) is 23.3. The van der Waals surface area contributed by atoms with E-state index in [4.69, 9.17) is 11.6 Å². The predicted octanol–water partition coefficient (Wildman–Crippen LogP) is 5.85. The first kappa shape index (κ1) is 21.2. The maximum Gasteiger partial charge on any atom is 0.301 e. The second kappa shape index (κ2) is 8.06. The van der Waals surface area contributed by atoms with Crippen LogP contribution in [0, 0.1) is 11.6 Å². The van der Waals surface area contributed by atoms with Crippen LogP contribution in [0.2, 0.25) is 5.02 Å². The normalized spacial score (nSPS) is 17.8. The highest BCUT2D eigenvalue weighted by atomic mass is 35.5. The van der Waals surface area contributed by atoms with Crippen molar-refractivity contribution in [2.75, 3.05) is 4.90 Å². The van der Waals surface area contributed by atoms with Gasteiger partial charge in [0.1, 0.15) is 17.4 Å². The van der Waals surface area contributed by atoms with E-state index in [2.05, 4.69) is 4.98 Å². The summed E-state index contributed by atoms with van der Waals surface area (Å²) in [5, 5.41) is 11.7. The molecule has 164 valence electrons. The van der Waals surface area contributed by atoms with Gasteiger partial charge in [0.25, 0.3) is 5.78 Å². The molecule has 1 fully saturated rings. The van der Waals surface area contributed by atoms with Gasteiger partial charge in [-0.25, -0.2) is 13.8 Å². The van der Waals surface area contributed by atoms with Crippen LogP contribution < -0.4 is 4.90 Å². The molecule has 0 bridgehead atoms. The monoisotopic (exact) mass is 482 g/mol. The molecule has 33 heavy (non-hydrogen) atoms. The minimum atomic E-state index is -1.06. The van der Waals surface area contributed by atoms with Crippen molar-refractivity contribution in [2.45, 2.75) is 6.04 Å². The number of Topliss-reactive ketones (excluding diaryl/α,β-unsaturated/α-hetero) is 1. The third kappa shape index (κ3) is 3.67. The van der Waals surface area contributed by atoms with E-state index in [9.17, 15) is 23.5 Å². The molecular weight excluding hydrogens is 470 g/mol. The lowest BCUT2D eigenvalue weighted by Crippen LogP contribution is -2.29. The molecule has 3 aromatic carbocycles. The van der Waals surface area contributed by atoms with E-state index in [0.29, 0.717) is 20.8 Å². The van der Waals surface area contributed by atoms with Crippen LogP contribution in [0.3, 0.4) is 0 Å². The Kier molecular flexibility index (Phi) is 5.19. The van der Waals surface area contributed by atoms with Gasteiger partial charge in [0, 0.05) is 10.6 Å². The number of thiazole rings is 1. The summed E-state index contributed by atoms with van der Waals surface area (Å²) in [6.45, 7) is 0. The topological polar surface area (TPSA) is 70.5 Å². The summed E-state index contributed by atoms with van der Waals surface area (Å²) >= 11 is 7.22. The molecule has 4 aromatic rings. The van der Waals surface area contributed by atoms with Crippen molar-refractivity contribution in [1.82, 2.24) is 4.98 Å². The lowest BCUT2D eigenvalue weighted by atomic mass is 9.95. The van der Waals surface area contributed by atoms with Gasteiger partial charge >= 0.3 is 5.91 Å². The van der Waals surface area contributed by atoms with Crippen LogP contribution in [0.1, 0.15) is 17.2 Å². The number of aliphatic hydroxyl groups excluding tert-OH is 1. The number of halogens is 3. The molecule has 1 amide bonds. The minimum absolute atomic E-state index is 0.164. The molecule has 5 rings (SSSR count). The largest absolute Gasteiger partial charge is 0.507 e. The molecule has 0 aliphatic carbocycles. The van der Waals surface area contributed by atoms with Gasteiger partial charge in [-0.2, -0.15) is 0 Å². The summed E-state index contributed by atoms with van der Waals surface area (Å²) in [6.07, 6.45) is 0. The van der Waals surface area contributed by atoms with Gasteiger partial charge in [-0.15, -0.1) is 0 Å². The van der Waals surface area contributed by atoms with Crippen LogP contribution in [0.15, 0.2) is 72.3 Å². The van der Waals surface area contributed by atoms with E-state index in [1.54, 1.807) is 18.2 Å². The SMILES string of the molecule is O=C1C(=O)N(c2nc3ccc(Cl)cc3s2)C(c2ccc(F)cc2)/C1=C(\O)c1ccc(F)cc1. The molecule has 1 aliphatic heterocycles. The van der Waals surface area contributed by atoms with Crippen molar-refractivity contribution in [3.05, 3.63) is 100 Å². The fraction of sp³-hybridized carbons (Fsp3) is 0.0417. The summed E-state index contributed by atoms with van der Waals surface area (Å²) in [7, 11) is 0. The molecule has 1 aromatic heterocycles. The quantitative estimate of drug-likeness (QED) is 0.226.